The third kappa shape index (κ3) is 2.52. The summed E-state index contributed by atoms with van der Waals surface area (Å²) in [5.74, 6) is -0.401. The first-order valence-electron chi connectivity index (χ1n) is 4.11. The van der Waals surface area contributed by atoms with E-state index < -0.39 is 28.4 Å². The average Bonchev–Trinajstić information content (AvgIpc) is 2.15. The molecule has 1 rings (SSSR count). The van der Waals surface area contributed by atoms with Crippen molar-refractivity contribution in [2.45, 2.75) is 13.3 Å². The second-order valence-corrected chi connectivity index (χ2v) is 4.17. The Morgan fingerprint density at radius 3 is 2.44 bits per heavy atom. The van der Waals surface area contributed by atoms with E-state index in [1.807, 2.05) is 0 Å². The Hall–Kier alpha value is -1.12. The number of rotatable bonds is 3. The molecule has 0 unspecified atom stereocenters. The highest BCUT2D eigenvalue weighted by Gasteiger charge is 2.26. The van der Waals surface area contributed by atoms with Gasteiger partial charge in [0, 0.05) is 15.2 Å². The van der Waals surface area contributed by atoms with Crippen molar-refractivity contribution >= 4 is 34.1 Å². The number of alkyl halides is 2. The lowest BCUT2D eigenvalue weighted by Crippen LogP contribution is -2.03. The highest BCUT2D eigenvalue weighted by Crippen LogP contribution is 2.34. The van der Waals surface area contributed by atoms with Crippen LogP contribution < -0.4 is 0 Å². The number of Topliss-reactive ketones (excluding diaryl/α,β-unsaturated/α-hetero) is 1. The Balaban J connectivity index is 3.52. The van der Waals surface area contributed by atoms with E-state index >= 15 is 0 Å². The smallest absolute Gasteiger partial charge is 0.280 e. The lowest BCUT2D eigenvalue weighted by atomic mass is 10.1. The molecule has 0 aliphatic heterocycles. The quantitative estimate of drug-likeness (QED) is 0.367. The molecule has 86 valence electrons. The largest absolute Gasteiger partial charge is 0.295 e. The van der Waals surface area contributed by atoms with Crippen LogP contribution >= 0.6 is 22.6 Å². The van der Waals surface area contributed by atoms with Gasteiger partial charge in [-0.3, -0.25) is 14.9 Å². The van der Waals surface area contributed by atoms with Crippen molar-refractivity contribution in [1.82, 2.24) is 0 Å². The molecule has 0 heterocycles. The topological polar surface area (TPSA) is 60.2 Å². The number of benzene rings is 1. The monoisotopic (exact) mass is 341 g/mol. The van der Waals surface area contributed by atoms with E-state index in [-0.39, 0.29) is 9.13 Å². The van der Waals surface area contributed by atoms with Gasteiger partial charge in [-0.1, -0.05) is 0 Å². The lowest BCUT2D eigenvalue weighted by Gasteiger charge is -2.06. The van der Waals surface area contributed by atoms with Crippen LogP contribution in [0.4, 0.5) is 14.5 Å². The van der Waals surface area contributed by atoms with Crippen molar-refractivity contribution in [3.05, 3.63) is 36.9 Å². The Labute approximate surface area is 103 Å². The van der Waals surface area contributed by atoms with Crippen LogP contribution in [0.1, 0.15) is 29.3 Å². The molecule has 0 amide bonds. The van der Waals surface area contributed by atoms with Gasteiger partial charge in [0.1, 0.15) is 5.56 Å². The maximum Gasteiger partial charge on any atom is 0.280 e. The van der Waals surface area contributed by atoms with Gasteiger partial charge in [0.25, 0.3) is 12.1 Å². The highest BCUT2D eigenvalue weighted by molar-refractivity contribution is 14.1. The fourth-order valence-electron chi connectivity index (χ4n) is 1.17. The van der Waals surface area contributed by atoms with Crippen LogP contribution in [0.5, 0.6) is 0 Å². The fourth-order valence-corrected chi connectivity index (χ4v) is 2.02. The van der Waals surface area contributed by atoms with Gasteiger partial charge in [-0.2, -0.15) is 0 Å². The van der Waals surface area contributed by atoms with Gasteiger partial charge in [0.05, 0.1) is 4.92 Å². The van der Waals surface area contributed by atoms with Crippen molar-refractivity contribution < 1.29 is 18.5 Å². The molecule has 0 atom stereocenters. The predicted molar refractivity (Wildman–Crippen MR) is 60.8 cm³/mol. The van der Waals surface area contributed by atoms with Crippen molar-refractivity contribution in [2.75, 3.05) is 0 Å². The summed E-state index contributed by atoms with van der Waals surface area (Å²) in [4.78, 5) is 20.7. The third-order valence-corrected chi connectivity index (χ3v) is 2.82. The number of carbonyl (C=O) groups is 1. The van der Waals surface area contributed by atoms with E-state index in [0.717, 1.165) is 6.07 Å². The Morgan fingerprint density at radius 1 is 1.50 bits per heavy atom. The first kappa shape index (κ1) is 12.9. The van der Waals surface area contributed by atoms with Gasteiger partial charge < -0.3 is 0 Å². The number of hydrogen-bond acceptors (Lipinski definition) is 3. The highest BCUT2D eigenvalue weighted by atomic mass is 127. The van der Waals surface area contributed by atoms with Gasteiger partial charge in [-0.05, 0) is 35.6 Å². The predicted octanol–water partition coefficient (Wildman–Crippen LogP) is 3.34. The zero-order valence-corrected chi connectivity index (χ0v) is 10.2. The maximum absolute atomic E-state index is 12.6. The first-order chi connectivity index (χ1) is 7.34. The number of nitro groups is 1. The van der Waals surface area contributed by atoms with Crippen molar-refractivity contribution in [2.24, 2.45) is 0 Å². The number of nitro benzene ring substituents is 1. The van der Waals surface area contributed by atoms with Crippen molar-refractivity contribution in [1.29, 1.82) is 0 Å². The number of carbonyl (C=O) groups excluding carboxylic acids is 1. The van der Waals surface area contributed by atoms with E-state index in [9.17, 15) is 23.7 Å². The van der Waals surface area contributed by atoms with Crippen LogP contribution in [0.2, 0.25) is 0 Å². The number of ketones is 1. The maximum atomic E-state index is 12.6. The molecule has 0 spiro atoms. The van der Waals surface area contributed by atoms with Crippen LogP contribution in [0, 0.1) is 13.7 Å². The fraction of sp³-hybridized carbons (Fsp3) is 0.222. The summed E-state index contributed by atoms with van der Waals surface area (Å²) in [5.41, 5.74) is -1.30. The number of nitrogens with zero attached hydrogens (tertiary/aromatic N) is 1. The molecule has 0 saturated heterocycles. The molecule has 1 aromatic carbocycles. The molecule has 0 aliphatic rings. The Kier molecular flexibility index (Phi) is 3.89. The molecule has 0 fully saturated rings. The summed E-state index contributed by atoms with van der Waals surface area (Å²) >= 11 is 1.56. The van der Waals surface area contributed by atoms with Gasteiger partial charge in [0.15, 0.2) is 5.78 Å². The molecule has 7 heteroatoms. The van der Waals surface area contributed by atoms with Crippen molar-refractivity contribution in [3.8, 4) is 0 Å². The normalized spacial score (nSPS) is 10.6. The summed E-state index contributed by atoms with van der Waals surface area (Å²) in [6.45, 7) is 1.22. The summed E-state index contributed by atoms with van der Waals surface area (Å²) in [6.07, 6.45) is -2.94. The molecule has 1 aromatic rings. The van der Waals surface area contributed by atoms with Crippen LogP contribution in [-0.4, -0.2) is 10.7 Å². The number of halogens is 3. The molecular formula is C9H6F2INO3. The molecule has 0 radical (unpaired) electrons. The summed E-state index contributed by atoms with van der Waals surface area (Å²) in [5, 5.41) is 10.6. The second-order valence-electron chi connectivity index (χ2n) is 3.00. The van der Waals surface area contributed by atoms with E-state index in [4.69, 9.17) is 0 Å². The van der Waals surface area contributed by atoms with Crippen LogP contribution in [0.3, 0.4) is 0 Å². The van der Waals surface area contributed by atoms with Gasteiger partial charge in [0.2, 0.25) is 0 Å². The molecule has 4 nitrogen and oxygen atoms in total. The average molecular weight is 341 g/mol. The zero-order valence-electron chi connectivity index (χ0n) is 8.04. The summed E-state index contributed by atoms with van der Waals surface area (Å²) in [6, 6.07) is 2.10. The molecule has 0 aromatic heterocycles. The molecule has 0 N–H and O–H groups in total. The molecule has 0 saturated carbocycles. The zero-order chi connectivity index (χ0) is 12.5. The van der Waals surface area contributed by atoms with E-state index in [2.05, 4.69) is 0 Å². The van der Waals surface area contributed by atoms with Gasteiger partial charge in [-0.25, -0.2) is 8.78 Å². The van der Waals surface area contributed by atoms with Crippen LogP contribution in [0.15, 0.2) is 12.1 Å². The van der Waals surface area contributed by atoms with E-state index in [1.165, 1.54) is 13.0 Å². The Morgan fingerprint density at radius 2 is 2.06 bits per heavy atom. The minimum Gasteiger partial charge on any atom is -0.295 e. The molecule has 16 heavy (non-hydrogen) atoms. The minimum atomic E-state index is -2.94. The second kappa shape index (κ2) is 4.81. The molecular weight excluding hydrogens is 335 g/mol. The van der Waals surface area contributed by atoms with Crippen LogP contribution in [-0.2, 0) is 0 Å². The van der Waals surface area contributed by atoms with Gasteiger partial charge >= 0.3 is 0 Å². The summed E-state index contributed by atoms with van der Waals surface area (Å²) in [7, 11) is 0. The number of hydrogen-bond donors (Lipinski definition) is 0. The van der Waals surface area contributed by atoms with Crippen LogP contribution in [0.25, 0.3) is 0 Å². The van der Waals surface area contributed by atoms with E-state index in [1.54, 1.807) is 22.6 Å². The van der Waals surface area contributed by atoms with Gasteiger partial charge in [-0.15, -0.1) is 0 Å². The van der Waals surface area contributed by atoms with E-state index in [0.29, 0.717) is 0 Å². The third-order valence-electron chi connectivity index (χ3n) is 1.93. The lowest BCUT2D eigenvalue weighted by molar-refractivity contribution is -0.386. The first-order valence-corrected chi connectivity index (χ1v) is 5.19. The molecule has 0 bridgehead atoms. The summed E-state index contributed by atoms with van der Waals surface area (Å²) < 4.78 is 25.2. The standard InChI is InChI=1S/C9H6F2INO3/c1-4(14)5-2-6(12)8(9(10)11)7(3-5)13(15)16/h2-3,9H,1H3. The molecule has 0 aliphatic carbocycles. The minimum absolute atomic E-state index is 0.0204. The van der Waals surface area contributed by atoms with Crippen molar-refractivity contribution in [3.63, 3.8) is 0 Å². The Bertz CT molecular complexity index is 462. The SMILES string of the molecule is CC(=O)c1cc(I)c(C(F)F)c([N+](=O)[O-])c1.